The third-order valence-electron chi connectivity index (χ3n) is 4.70. The molecule has 0 amide bonds. The molecule has 0 spiro atoms. The number of fused-ring (bicyclic) bond motifs is 2. The van der Waals surface area contributed by atoms with Crippen LogP contribution in [-0.2, 0) is 26.4 Å². The van der Waals surface area contributed by atoms with Gasteiger partial charge >= 0.3 is 0 Å². The Kier molecular flexibility index (Phi) is 4.09. The van der Waals surface area contributed by atoms with Crippen molar-refractivity contribution in [1.82, 2.24) is 9.55 Å². The second kappa shape index (κ2) is 6.41. The summed E-state index contributed by atoms with van der Waals surface area (Å²) in [5.41, 5.74) is 11.8. The van der Waals surface area contributed by atoms with Crippen LogP contribution in [0, 0.1) is 0 Å². The fourth-order valence-electron chi connectivity index (χ4n) is 3.36. The number of aryl methyl sites for hydroxylation is 3. The van der Waals surface area contributed by atoms with Gasteiger partial charge in [0.25, 0.3) is 0 Å². The van der Waals surface area contributed by atoms with Crippen LogP contribution in [0.2, 0.25) is 5.02 Å². The first-order valence-electron chi connectivity index (χ1n) is 8.40. The van der Waals surface area contributed by atoms with Gasteiger partial charge in [0, 0.05) is 17.8 Å². The van der Waals surface area contributed by atoms with E-state index < -0.39 is 0 Å². The fraction of sp³-hybridized carbons (Fsp3) is 0.263. The van der Waals surface area contributed by atoms with Crippen LogP contribution in [0.1, 0.15) is 23.4 Å². The van der Waals surface area contributed by atoms with Crippen molar-refractivity contribution < 1.29 is 0 Å². The highest BCUT2D eigenvalue weighted by atomic mass is 35.5. The molecule has 0 radical (unpaired) electrons. The van der Waals surface area contributed by atoms with E-state index in [4.69, 9.17) is 17.3 Å². The Bertz CT molecular complexity index is 973. The number of benzene rings is 2. The number of rotatable bonds is 3. The third-order valence-corrected chi connectivity index (χ3v) is 4.93. The monoisotopic (exact) mass is 353 g/mol. The molecule has 3 aromatic rings. The molecule has 1 heterocycles. The number of imidazole rings is 1. The number of anilines is 1. The van der Waals surface area contributed by atoms with Crippen LogP contribution in [0.3, 0.4) is 0 Å². The highest BCUT2D eigenvalue weighted by Crippen LogP contribution is 2.25. The summed E-state index contributed by atoms with van der Waals surface area (Å²) in [5.74, 6) is 1.24. The van der Waals surface area contributed by atoms with E-state index in [2.05, 4.69) is 33.5 Å². The highest BCUT2D eigenvalue weighted by Gasteiger charge is 2.11. The molecule has 128 valence electrons. The van der Waals surface area contributed by atoms with Crippen molar-refractivity contribution in [2.24, 2.45) is 17.8 Å². The number of guanidine groups is 1. The first kappa shape index (κ1) is 16.0. The maximum atomic E-state index is 6.05. The Hall–Kier alpha value is -2.53. The summed E-state index contributed by atoms with van der Waals surface area (Å²) in [6, 6.07) is 12.1. The van der Waals surface area contributed by atoms with Crippen LogP contribution in [-0.4, -0.2) is 15.5 Å². The zero-order valence-corrected chi connectivity index (χ0v) is 14.8. The van der Waals surface area contributed by atoms with Gasteiger partial charge in [-0.3, -0.25) is 0 Å². The number of halogens is 1. The summed E-state index contributed by atoms with van der Waals surface area (Å²) in [6.07, 6.45) is 3.55. The molecule has 1 aromatic heterocycles. The van der Waals surface area contributed by atoms with E-state index in [9.17, 15) is 0 Å². The minimum Gasteiger partial charge on any atom is -0.370 e. The van der Waals surface area contributed by atoms with Gasteiger partial charge in [0.15, 0.2) is 5.96 Å². The molecule has 6 heteroatoms. The molecule has 0 unspecified atom stereocenters. The van der Waals surface area contributed by atoms with Crippen molar-refractivity contribution in [2.75, 3.05) is 5.32 Å². The van der Waals surface area contributed by atoms with Crippen molar-refractivity contribution in [1.29, 1.82) is 0 Å². The van der Waals surface area contributed by atoms with E-state index in [0.29, 0.717) is 17.5 Å². The van der Waals surface area contributed by atoms with Crippen molar-refractivity contribution in [3.8, 4) is 0 Å². The Morgan fingerprint density at radius 1 is 1.24 bits per heavy atom. The fourth-order valence-corrected chi connectivity index (χ4v) is 3.52. The number of hydrogen-bond acceptors (Lipinski definition) is 2. The largest absolute Gasteiger partial charge is 0.370 e. The molecule has 2 aromatic carbocycles. The predicted molar refractivity (Wildman–Crippen MR) is 103 cm³/mol. The lowest BCUT2D eigenvalue weighted by molar-refractivity contribution is 0.812. The molecule has 1 aliphatic rings. The summed E-state index contributed by atoms with van der Waals surface area (Å²) in [7, 11) is 1.97. The lowest BCUT2D eigenvalue weighted by Gasteiger charge is -2.08. The van der Waals surface area contributed by atoms with E-state index in [1.165, 1.54) is 24.0 Å². The smallest absolute Gasteiger partial charge is 0.193 e. The number of nitrogens with zero attached hydrogens (tertiary/aromatic N) is 3. The van der Waals surface area contributed by atoms with Gasteiger partial charge in [0.05, 0.1) is 11.0 Å². The molecule has 0 atom stereocenters. The molecule has 0 fully saturated rings. The Labute approximate surface area is 151 Å². The molecule has 5 nitrogen and oxygen atoms in total. The maximum Gasteiger partial charge on any atom is 0.193 e. The van der Waals surface area contributed by atoms with Gasteiger partial charge in [0.1, 0.15) is 12.4 Å². The first-order chi connectivity index (χ1) is 12.1. The molecule has 3 N–H and O–H groups in total. The minimum absolute atomic E-state index is 0.392. The molecule has 0 bridgehead atoms. The summed E-state index contributed by atoms with van der Waals surface area (Å²) in [4.78, 5) is 9.02. The zero-order chi connectivity index (χ0) is 17.4. The van der Waals surface area contributed by atoms with E-state index in [0.717, 1.165) is 29.0 Å². The van der Waals surface area contributed by atoms with Gasteiger partial charge in [0.2, 0.25) is 0 Å². The molecule has 0 aliphatic heterocycles. The average molecular weight is 354 g/mol. The predicted octanol–water partition coefficient (Wildman–Crippen LogP) is 3.64. The molecular weight excluding hydrogens is 334 g/mol. The Morgan fingerprint density at radius 3 is 2.96 bits per heavy atom. The van der Waals surface area contributed by atoms with Crippen LogP contribution in [0.4, 0.5) is 5.69 Å². The van der Waals surface area contributed by atoms with Crippen LogP contribution < -0.4 is 11.1 Å². The van der Waals surface area contributed by atoms with Crippen molar-refractivity contribution in [3.63, 3.8) is 0 Å². The topological polar surface area (TPSA) is 68.2 Å². The van der Waals surface area contributed by atoms with E-state index in [1.54, 1.807) is 0 Å². The molecular formula is C19H20ClN5. The maximum absolute atomic E-state index is 6.05. The van der Waals surface area contributed by atoms with Crippen molar-refractivity contribution >= 4 is 34.3 Å². The lowest BCUT2D eigenvalue weighted by Crippen LogP contribution is -2.23. The molecule has 1 aliphatic carbocycles. The minimum atomic E-state index is 0.392. The Balaban J connectivity index is 1.50. The van der Waals surface area contributed by atoms with Crippen molar-refractivity contribution in [3.05, 3.63) is 58.4 Å². The van der Waals surface area contributed by atoms with E-state index in [-0.39, 0.29) is 0 Å². The number of aromatic nitrogens is 2. The quantitative estimate of drug-likeness (QED) is 0.558. The second-order valence-electron chi connectivity index (χ2n) is 6.38. The number of aliphatic imine (C=N–C) groups is 1. The molecule has 4 rings (SSSR count). The van der Waals surface area contributed by atoms with Crippen molar-refractivity contribution in [2.45, 2.75) is 25.8 Å². The highest BCUT2D eigenvalue weighted by molar-refractivity contribution is 6.31. The molecule has 0 saturated heterocycles. The normalized spacial score (nSPS) is 14.1. The number of nitrogens with one attached hydrogen (secondary N) is 1. The van der Waals surface area contributed by atoms with Gasteiger partial charge in [-0.05, 0) is 60.7 Å². The molecule has 0 saturated carbocycles. The standard InChI is InChI=1S/C19H20ClN5/c1-25-17-8-6-14(20)10-16(17)24-18(25)11-22-19(21)23-15-7-5-12-3-2-4-13(12)9-15/h5-10H,2-4,11H2,1H3,(H3,21,22,23). The SMILES string of the molecule is Cn1c(CN=C(N)Nc2ccc3c(c2)CCC3)nc2cc(Cl)ccc21. The second-order valence-corrected chi connectivity index (χ2v) is 6.82. The van der Waals surface area contributed by atoms with Gasteiger partial charge in [-0.1, -0.05) is 17.7 Å². The van der Waals surface area contributed by atoms with Crippen LogP contribution in [0.15, 0.2) is 41.4 Å². The third kappa shape index (κ3) is 3.20. The average Bonchev–Trinajstić information content (AvgIpc) is 3.17. The van der Waals surface area contributed by atoms with E-state index >= 15 is 0 Å². The summed E-state index contributed by atoms with van der Waals surface area (Å²) >= 11 is 6.03. The number of nitrogens with two attached hydrogens (primary N) is 1. The summed E-state index contributed by atoms with van der Waals surface area (Å²) in [5, 5.41) is 3.85. The summed E-state index contributed by atoms with van der Waals surface area (Å²) < 4.78 is 2.01. The van der Waals surface area contributed by atoms with Crippen LogP contribution >= 0.6 is 11.6 Å². The molecule has 25 heavy (non-hydrogen) atoms. The van der Waals surface area contributed by atoms with Gasteiger partial charge in [-0.15, -0.1) is 0 Å². The first-order valence-corrected chi connectivity index (χ1v) is 8.77. The van der Waals surface area contributed by atoms with Gasteiger partial charge in [-0.2, -0.15) is 0 Å². The summed E-state index contributed by atoms with van der Waals surface area (Å²) in [6.45, 7) is 0.409. The van der Waals surface area contributed by atoms with Gasteiger partial charge in [-0.25, -0.2) is 9.98 Å². The van der Waals surface area contributed by atoms with Crippen LogP contribution in [0.25, 0.3) is 11.0 Å². The van der Waals surface area contributed by atoms with Gasteiger partial charge < -0.3 is 15.6 Å². The van der Waals surface area contributed by atoms with E-state index in [1.807, 2.05) is 29.8 Å². The lowest BCUT2D eigenvalue weighted by atomic mass is 10.1. The number of hydrogen-bond donors (Lipinski definition) is 2. The Morgan fingerprint density at radius 2 is 2.08 bits per heavy atom. The van der Waals surface area contributed by atoms with Crippen LogP contribution in [0.5, 0.6) is 0 Å². The zero-order valence-electron chi connectivity index (χ0n) is 14.1.